The number of amides is 1. The van der Waals surface area contributed by atoms with E-state index in [9.17, 15) is 4.79 Å². The molecule has 0 aliphatic carbocycles. The fourth-order valence-electron chi connectivity index (χ4n) is 2.01. The van der Waals surface area contributed by atoms with Crippen molar-refractivity contribution in [3.8, 4) is 0 Å². The van der Waals surface area contributed by atoms with Crippen LogP contribution in [0.3, 0.4) is 0 Å². The van der Waals surface area contributed by atoms with Crippen LogP contribution in [0.5, 0.6) is 0 Å². The lowest BCUT2D eigenvalue weighted by Crippen LogP contribution is -2.49. The maximum Gasteiger partial charge on any atom is 0.251 e. The predicted octanol–water partition coefficient (Wildman–Crippen LogP) is 2.87. The topological polar surface area (TPSA) is 64.4 Å². The van der Waals surface area contributed by atoms with E-state index in [0.717, 1.165) is 12.8 Å². The summed E-state index contributed by atoms with van der Waals surface area (Å²) in [6.45, 7) is 3.31. The molecule has 0 aromatic heterocycles. The molecule has 1 saturated heterocycles. The van der Waals surface area contributed by atoms with Crippen LogP contribution in [0.25, 0.3) is 0 Å². The van der Waals surface area contributed by atoms with Gasteiger partial charge < -0.3 is 15.8 Å². The molecular formula is C13H16Cl2N2O2. The molecule has 0 atom stereocenters. The van der Waals surface area contributed by atoms with Crippen LogP contribution >= 0.6 is 23.2 Å². The summed E-state index contributed by atoms with van der Waals surface area (Å²) >= 11 is 11.9. The van der Waals surface area contributed by atoms with E-state index in [-0.39, 0.29) is 27.2 Å². The minimum atomic E-state index is -0.254. The summed E-state index contributed by atoms with van der Waals surface area (Å²) in [6.07, 6.45) is 1.57. The minimum Gasteiger partial charge on any atom is -0.396 e. The fraction of sp³-hybridized carbons (Fsp3) is 0.462. The van der Waals surface area contributed by atoms with Crippen molar-refractivity contribution in [2.45, 2.75) is 25.3 Å². The van der Waals surface area contributed by atoms with Gasteiger partial charge in [-0.2, -0.15) is 0 Å². The fourth-order valence-corrected chi connectivity index (χ4v) is 2.50. The summed E-state index contributed by atoms with van der Waals surface area (Å²) in [6, 6.07) is 3.06. The maximum absolute atomic E-state index is 12.2. The molecule has 104 valence electrons. The summed E-state index contributed by atoms with van der Waals surface area (Å²) in [7, 11) is 0. The summed E-state index contributed by atoms with van der Waals surface area (Å²) in [5.74, 6) is -0.201. The van der Waals surface area contributed by atoms with Crippen LogP contribution in [0.15, 0.2) is 12.1 Å². The van der Waals surface area contributed by atoms with Gasteiger partial charge in [-0.25, -0.2) is 0 Å². The Balaban J connectivity index is 2.16. The molecule has 0 radical (unpaired) electrons. The minimum absolute atomic E-state index is 0.201. The smallest absolute Gasteiger partial charge is 0.251 e. The average Bonchev–Trinajstić information content (AvgIpc) is 2.35. The number of halogens is 2. The van der Waals surface area contributed by atoms with Crippen molar-refractivity contribution >= 4 is 34.8 Å². The van der Waals surface area contributed by atoms with Crippen molar-refractivity contribution in [2.24, 2.45) is 0 Å². The first-order chi connectivity index (χ1) is 8.91. The number of carbonyl (C=O) groups is 1. The van der Waals surface area contributed by atoms with Crippen LogP contribution in [0, 0.1) is 0 Å². The van der Waals surface area contributed by atoms with Crippen LogP contribution in [-0.2, 0) is 4.74 Å². The van der Waals surface area contributed by atoms with E-state index in [2.05, 4.69) is 5.32 Å². The van der Waals surface area contributed by atoms with Gasteiger partial charge in [0.05, 0.1) is 15.7 Å². The van der Waals surface area contributed by atoms with Gasteiger partial charge in [-0.3, -0.25) is 4.79 Å². The first-order valence-corrected chi connectivity index (χ1v) is 6.82. The SMILES string of the molecule is CC1(NC(=O)c2cc(Cl)c(N)c(Cl)c2)CCOCC1. The summed E-state index contributed by atoms with van der Waals surface area (Å²) in [4.78, 5) is 12.2. The Morgan fingerprint density at radius 3 is 2.37 bits per heavy atom. The maximum atomic E-state index is 12.2. The third-order valence-electron chi connectivity index (χ3n) is 3.35. The van der Waals surface area contributed by atoms with Crippen LogP contribution in [0.2, 0.25) is 10.0 Å². The second-order valence-electron chi connectivity index (χ2n) is 4.98. The summed E-state index contributed by atoms with van der Waals surface area (Å²) in [5.41, 5.74) is 6.10. The lowest BCUT2D eigenvalue weighted by Gasteiger charge is -2.34. The van der Waals surface area contributed by atoms with E-state index in [4.69, 9.17) is 33.7 Å². The van der Waals surface area contributed by atoms with E-state index in [1.165, 1.54) is 12.1 Å². The monoisotopic (exact) mass is 302 g/mol. The number of ether oxygens (including phenoxy) is 1. The predicted molar refractivity (Wildman–Crippen MR) is 76.8 cm³/mol. The van der Waals surface area contributed by atoms with Gasteiger partial charge in [0, 0.05) is 24.3 Å². The number of hydrogen-bond donors (Lipinski definition) is 2. The number of rotatable bonds is 2. The zero-order valence-electron chi connectivity index (χ0n) is 10.6. The molecule has 6 heteroatoms. The average molecular weight is 303 g/mol. The standard InChI is InChI=1S/C13H16Cl2N2O2/c1-13(2-4-19-5-3-13)17-12(18)8-6-9(14)11(16)10(15)7-8/h6-7H,2-5,16H2,1H3,(H,17,18). The second-order valence-corrected chi connectivity index (χ2v) is 5.80. The van der Waals surface area contributed by atoms with Crippen LogP contribution in [0.4, 0.5) is 5.69 Å². The summed E-state index contributed by atoms with van der Waals surface area (Å²) < 4.78 is 5.30. The Kier molecular flexibility index (Phi) is 4.23. The van der Waals surface area contributed by atoms with Crippen LogP contribution < -0.4 is 11.1 Å². The number of nitrogens with one attached hydrogen (secondary N) is 1. The number of benzene rings is 1. The highest BCUT2D eigenvalue weighted by atomic mass is 35.5. The Hall–Kier alpha value is -0.970. The lowest BCUT2D eigenvalue weighted by atomic mass is 9.92. The van der Waals surface area contributed by atoms with Crippen LogP contribution in [-0.4, -0.2) is 24.7 Å². The van der Waals surface area contributed by atoms with E-state index in [0.29, 0.717) is 18.8 Å². The zero-order chi connectivity index (χ0) is 14.0. The van der Waals surface area contributed by atoms with E-state index in [1.54, 1.807) is 0 Å². The highest BCUT2D eigenvalue weighted by molar-refractivity contribution is 6.39. The molecule has 0 unspecified atom stereocenters. The molecule has 1 fully saturated rings. The van der Waals surface area contributed by atoms with Gasteiger partial charge >= 0.3 is 0 Å². The molecule has 1 aliphatic rings. The van der Waals surface area contributed by atoms with Gasteiger partial charge in [-0.05, 0) is 31.9 Å². The molecule has 19 heavy (non-hydrogen) atoms. The highest BCUT2D eigenvalue weighted by Crippen LogP contribution is 2.29. The first kappa shape index (κ1) is 14.4. The van der Waals surface area contributed by atoms with E-state index in [1.807, 2.05) is 6.92 Å². The van der Waals surface area contributed by atoms with Gasteiger partial charge in [-0.15, -0.1) is 0 Å². The number of anilines is 1. The molecule has 1 aliphatic heterocycles. The zero-order valence-corrected chi connectivity index (χ0v) is 12.1. The Labute approximate surface area is 122 Å². The number of nitrogens with two attached hydrogens (primary N) is 1. The van der Waals surface area contributed by atoms with Crippen molar-refractivity contribution in [3.05, 3.63) is 27.7 Å². The molecule has 1 aromatic rings. The highest BCUT2D eigenvalue weighted by Gasteiger charge is 2.29. The Morgan fingerprint density at radius 2 is 1.84 bits per heavy atom. The molecule has 0 spiro atoms. The van der Waals surface area contributed by atoms with Crippen molar-refractivity contribution in [1.82, 2.24) is 5.32 Å². The van der Waals surface area contributed by atoms with E-state index < -0.39 is 0 Å². The second kappa shape index (κ2) is 5.57. The van der Waals surface area contributed by atoms with Crippen molar-refractivity contribution in [1.29, 1.82) is 0 Å². The molecule has 1 heterocycles. The normalized spacial score (nSPS) is 18.1. The molecule has 1 amide bonds. The lowest BCUT2D eigenvalue weighted by molar-refractivity contribution is 0.0423. The van der Waals surface area contributed by atoms with Crippen molar-refractivity contribution in [2.75, 3.05) is 18.9 Å². The number of nitrogen functional groups attached to an aromatic ring is 1. The molecule has 3 N–H and O–H groups in total. The van der Waals surface area contributed by atoms with Crippen molar-refractivity contribution in [3.63, 3.8) is 0 Å². The Bertz CT molecular complexity index is 476. The number of hydrogen-bond acceptors (Lipinski definition) is 3. The third kappa shape index (κ3) is 3.32. The van der Waals surface area contributed by atoms with Gasteiger partial charge in [0.2, 0.25) is 0 Å². The van der Waals surface area contributed by atoms with Gasteiger partial charge in [-0.1, -0.05) is 23.2 Å². The molecular weight excluding hydrogens is 287 g/mol. The molecule has 1 aromatic carbocycles. The van der Waals surface area contributed by atoms with Gasteiger partial charge in [0.15, 0.2) is 0 Å². The number of carbonyl (C=O) groups excluding carboxylic acids is 1. The van der Waals surface area contributed by atoms with Gasteiger partial charge in [0.25, 0.3) is 5.91 Å². The van der Waals surface area contributed by atoms with Crippen molar-refractivity contribution < 1.29 is 9.53 Å². The third-order valence-corrected chi connectivity index (χ3v) is 3.98. The summed E-state index contributed by atoms with van der Waals surface area (Å²) in [5, 5.41) is 3.58. The molecule has 0 saturated carbocycles. The molecule has 0 bridgehead atoms. The van der Waals surface area contributed by atoms with Crippen LogP contribution in [0.1, 0.15) is 30.1 Å². The molecule has 4 nitrogen and oxygen atoms in total. The first-order valence-electron chi connectivity index (χ1n) is 6.06. The largest absolute Gasteiger partial charge is 0.396 e. The van der Waals surface area contributed by atoms with Gasteiger partial charge in [0.1, 0.15) is 0 Å². The molecule has 2 rings (SSSR count). The quantitative estimate of drug-likeness (QED) is 0.826. The Morgan fingerprint density at radius 1 is 1.32 bits per heavy atom. The van der Waals surface area contributed by atoms with E-state index >= 15 is 0 Å².